The van der Waals surface area contributed by atoms with Crippen molar-refractivity contribution >= 4 is 40.2 Å². The number of hydrogen-bond acceptors (Lipinski definition) is 6. The molecule has 0 radical (unpaired) electrons. The lowest BCUT2D eigenvalue weighted by atomic mass is 10.1. The quantitative estimate of drug-likeness (QED) is 0.806. The van der Waals surface area contributed by atoms with Gasteiger partial charge in [-0.05, 0) is 31.2 Å². The second kappa shape index (κ2) is 8.11. The largest absolute Gasteiger partial charge is 0.368 e. The predicted molar refractivity (Wildman–Crippen MR) is 114 cm³/mol. The summed E-state index contributed by atoms with van der Waals surface area (Å²) in [6.07, 6.45) is 2.02. The van der Waals surface area contributed by atoms with Crippen LogP contribution in [0.1, 0.15) is 23.7 Å². The van der Waals surface area contributed by atoms with E-state index in [1.165, 1.54) is 16.7 Å². The summed E-state index contributed by atoms with van der Waals surface area (Å²) in [5, 5.41) is 12.4. The van der Waals surface area contributed by atoms with Gasteiger partial charge < -0.3 is 15.1 Å². The molecule has 4 rings (SSSR count). The molecule has 2 aliphatic heterocycles. The van der Waals surface area contributed by atoms with Crippen LogP contribution >= 0.6 is 11.8 Å². The number of nitrogens with one attached hydrogen (secondary N) is 1. The van der Waals surface area contributed by atoms with Crippen molar-refractivity contribution in [1.29, 1.82) is 5.26 Å². The van der Waals surface area contributed by atoms with Crippen LogP contribution in [0.4, 0.5) is 10.1 Å². The van der Waals surface area contributed by atoms with Crippen LogP contribution in [0.5, 0.6) is 0 Å². The van der Waals surface area contributed by atoms with Crippen molar-refractivity contribution in [2.45, 2.75) is 25.1 Å². The fraction of sp³-hybridized carbons (Fsp3) is 0.429. The van der Waals surface area contributed by atoms with Gasteiger partial charge in [0.15, 0.2) is 0 Å². The molecule has 2 saturated heterocycles. The van der Waals surface area contributed by atoms with Gasteiger partial charge in [-0.2, -0.15) is 5.26 Å². The van der Waals surface area contributed by atoms with Gasteiger partial charge in [0.2, 0.25) is 5.91 Å². The highest BCUT2D eigenvalue weighted by molar-refractivity contribution is 7.99. The first kappa shape index (κ1) is 20.4. The average Bonchev–Trinajstić information content (AvgIpc) is 3.36. The molecule has 156 valence electrons. The molecule has 0 saturated carbocycles. The predicted octanol–water partition coefficient (Wildman–Crippen LogP) is 2.33. The van der Waals surface area contributed by atoms with E-state index in [1.807, 2.05) is 23.1 Å². The number of anilines is 1. The minimum absolute atomic E-state index is 0.173. The van der Waals surface area contributed by atoms with Crippen LogP contribution in [0.25, 0.3) is 10.9 Å². The topological polar surface area (TPSA) is 89.3 Å². The van der Waals surface area contributed by atoms with Crippen molar-refractivity contribution in [2.24, 2.45) is 0 Å². The number of halogens is 1. The summed E-state index contributed by atoms with van der Waals surface area (Å²) in [4.78, 5) is 33.0. The van der Waals surface area contributed by atoms with Gasteiger partial charge in [-0.15, -0.1) is 11.8 Å². The van der Waals surface area contributed by atoms with Crippen LogP contribution < -0.4 is 10.2 Å². The second-order valence-electron chi connectivity index (χ2n) is 7.84. The summed E-state index contributed by atoms with van der Waals surface area (Å²) in [5.74, 6) is 0.378. The number of hydrogen-bond donors (Lipinski definition) is 1. The van der Waals surface area contributed by atoms with E-state index in [0.717, 1.165) is 5.69 Å². The SMILES string of the molecule is CC1(F)CCN(c2ccc3nccc(C(=O)NCC(=O)N4CSCC4C#N)c3c2)C1. The van der Waals surface area contributed by atoms with Gasteiger partial charge in [-0.25, -0.2) is 4.39 Å². The molecule has 9 heteroatoms. The Bertz CT molecular complexity index is 1040. The summed E-state index contributed by atoms with van der Waals surface area (Å²) >= 11 is 1.52. The third-order valence-electron chi connectivity index (χ3n) is 5.51. The first-order chi connectivity index (χ1) is 14.4. The molecule has 0 aliphatic carbocycles. The Kier molecular flexibility index (Phi) is 5.52. The smallest absolute Gasteiger partial charge is 0.252 e. The van der Waals surface area contributed by atoms with Crippen LogP contribution in [0.2, 0.25) is 0 Å². The molecule has 0 spiro atoms. The second-order valence-corrected chi connectivity index (χ2v) is 8.84. The molecule has 30 heavy (non-hydrogen) atoms. The van der Waals surface area contributed by atoms with Crippen LogP contribution in [-0.4, -0.2) is 64.7 Å². The van der Waals surface area contributed by atoms with Gasteiger partial charge in [0, 0.05) is 36.0 Å². The van der Waals surface area contributed by atoms with Crippen molar-refractivity contribution in [1.82, 2.24) is 15.2 Å². The number of pyridine rings is 1. The highest BCUT2D eigenvalue weighted by Crippen LogP contribution is 2.31. The fourth-order valence-corrected chi connectivity index (χ4v) is 4.93. The molecule has 2 fully saturated rings. The molecule has 1 N–H and O–H groups in total. The monoisotopic (exact) mass is 427 g/mol. The van der Waals surface area contributed by atoms with E-state index in [9.17, 15) is 14.0 Å². The summed E-state index contributed by atoms with van der Waals surface area (Å²) < 4.78 is 14.2. The lowest BCUT2D eigenvalue weighted by molar-refractivity contribution is -0.129. The number of nitriles is 1. The zero-order valence-electron chi connectivity index (χ0n) is 16.6. The summed E-state index contributed by atoms with van der Waals surface area (Å²) in [6, 6.07) is 8.82. The number of fused-ring (bicyclic) bond motifs is 1. The van der Waals surface area contributed by atoms with Crippen molar-refractivity contribution < 1.29 is 14.0 Å². The maximum absolute atomic E-state index is 14.2. The van der Waals surface area contributed by atoms with E-state index >= 15 is 0 Å². The van der Waals surface area contributed by atoms with Crippen molar-refractivity contribution in [3.63, 3.8) is 0 Å². The summed E-state index contributed by atoms with van der Waals surface area (Å²) in [5.41, 5.74) is 0.678. The van der Waals surface area contributed by atoms with E-state index in [1.54, 1.807) is 19.2 Å². The Balaban J connectivity index is 1.51. The number of nitrogens with zero attached hydrogens (tertiary/aromatic N) is 4. The van der Waals surface area contributed by atoms with Gasteiger partial charge in [-0.1, -0.05) is 0 Å². The van der Waals surface area contributed by atoms with E-state index in [4.69, 9.17) is 5.26 Å². The van der Waals surface area contributed by atoms with Gasteiger partial charge in [-0.3, -0.25) is 14.6 Å². The molecular weight excluding hydrogens is 405 g/mol. The Morgan fingerprint density at radius 2 is 2.27 bits per heavy atom. The molecular formula is C21H22FN5O2S. The third kappa shape index (κ3) is 4.05. The van der Waals surface area contributed by atoms with Crippen molar-refractivity contribution in [3.05, 3.63) is 36.0 Å². The molecule has 2 unspecified atom stereocenters. The van der Waals surface area contributed by atoms with E-state index in [-0.39, 0.29) is 18.4 Å². The Labute approximate surface area is 178 Å². The van der Waals surface area contributed by atoms with Gasteiger partial charge in [0.25, 0.3) is 5.91 Å². The van der Waals surface area contributed by atoms with Crippen molar-refractivity contribution in [2.75, 3.05) is 36.2 Å². The third-order valence-corrected chi connectivity index (χ3v) is 6.52. The molecule has 2 amide bonds. The first-order valence-electron chi connectivity index (χ1n) is 9.76. The standard InChI is InChI=1S/C21H22FN5O2S/c1-21(22)5-7-26(12-21)14-2-3-18-17(8-14)16(4-6-24-18)20(29)25-10-19(28)27-13-30-11-15(27)9-23/h2-4,6,8,15H,5,7,10-13H2,1H3,(H,25,29). The molecule has 3 heterocycles. The van der Waals surface area contributed by atoms with Crippen molar-refractivity contribution in [3.8, 4) is 6.07 Å². The maximum atomic E-state index is 14.2. The molecule has 2 aliphatic rings. The van der Waals surface area contributed by atoms with Crippen LogP contribution in [0.3, 0.4) is 0 Å². The molecule has 1 aromatic carbocycles. The Morgan fingerprint density at radius 3 is 3.00 bits per heavy atom. The summed E-state index contributed by atoms with van der Waals surface area (Å²) in [7, 11) is 0. The lowest BCUT2D eigenvalue weighted by Crippen LogP contribution is -2.42. The lowest BCUT2D eigenvalue weighted by Gasteiger charge is -2.20. The van der Waals surface area contributed by atoms with Gasteiger partial charge in [0.1, 0.15) is 11.7 Å². The number of amides is 2. The first-order valence-corrected chi connectivity index (χ1v) is 10.9. The molecule has 1 aromatic heterocycles. The number of benzene rings is 1. The molecule has 2 atom stereocenters. The van der Waals surface area contributed by atoms with E-state index < -0.39 is 11.7 Å². The minimum atomic E-state index is -1.22. The normalized spacial score (nSPS) is 23.6. The number of rotatable bonds is 4. The zero-order chi connectivity index (χ0) is 21.3. The molecule has 0 bridgehead atoms. The molecule has 7 nitrogen and oxygen atoms in total. The minimum Gasteiger partial charge on any atom is -0.368 e. The number of aromatic nitrogens is 1. The number of carbonyl (C=O) groups is 2. The zero-order valence-corrected chi connectivity index (χ0v) is 17.4. The number of carbonyl (C=O) groups excluding carboxylic acids is 2. The molecule has 2 aromatic rings. The van der Waals surface area contributed by atoms with Gasteiger partial charge in [0.05, 0.1) is 36.1 Å². The Hall–Kier alpha value is -2.86. The van der Waals surface area contributed by atoms with E-state index in [2.05, 4.69) is 16.4 Å². The van der Waals surface area contributed by atoms with Crippen LogP contribution in [0.15, 0.2) is 30.5 Å². The highest BCUT2D eigenvalue weighted by atomic mass is 32.2. The van der Waals surface area contributed by atoms with E-state index in [0.29, 0.717) is 47.6 Å². The Morgan fingerprint density at radius 1 is 1.43 bits per heavy atom. The maximum Gasteiger partial charge on any atom is 0.252 e. The van der Waals surface area contributed by atoms with Crippen LogP contribution in [0, 0.1) is 11.3 Å². The van der Waals surface area contributed by atoms with Crippen LogP contribution in [-0.2, 0) is 4.79 Å². The average molecular weight is 428 g/mol. The number of thioether (sulfide) groups is 1. The summed E-state index contributed by atoms with van der Waals surface area (Å²) in [6.45, 7) is 2.35. The van der Waals surface area contributed by atoms with Gasteiger partial charge >= 0.3 is 0 Å². The number of alkyl halides is 1. The highest BCUT2D eigenvalue weighted by Gasteiger charge is 2.34. The fourth-order valence-electron chi connectivity index (χ4n) is 3.82.